The van der Waals surface area contributed by atoms with Gasteiger partial charge in [0.25, 0.3) is 11.5 Å². The summed E-state index contributed by atoms with van der Waals surface area (Å²) < 4.78 is 10.6. The van der Waals surface area contributed by atoms with Crippen molar-refractivity contribution in [1.82, 2.24) is 14.9 Å². The van der Waals surface area contributed by atoms with Gasteiger partial charge in [-0.1, -0.05) is 24.3 Å². The standard InChI is InChI=1S/C24H25N3O4/c1-15-6-4-5-7-17(15)24(29)27-11-10-19-18(14-27)23(28)26-22(25-19)13-16-8-9-20(30-2)21(12-16)31-3/h4-9,12H,10-11,13-14H2,1-3H3,(H,25,26,28). The van der Waals surface area contributed by atoms with Gasteiger partial charge in [-0.25, -0.2) is 4.98 Å². The zero-order chi connectivity index (χ0) is 22.0. The normalized spacial score (nSPS) is 12.9. The van der Waals surface area contributed by atoms with E-state index in [0.29, 0.717) is 47.8 Å². The van der Waals surface area contributed by atoms with Crippen molar-refractivity contribution in [3.63, 3.8) is 0 Å². The van der Waals surface area contributed by atoms with Crippen LogP contribution in [0, 0.1) is 6.92 Å². The van der Waals surface area contributed by atoms with Crippen LogP contribution in [-0.4, -0.2) is 41.5 Å². The number of aromatic nitrogens is 2. The predicted molar refractivity (Wildman–Crippen MR) is 117 cm³/mol. The molecule has 0 radical (unpaired) electrons. The van der Waals surface area contributed by atoms with Crippen LogP contribution < -0.4 is 15.0 Å². The number of H-pyrrole nitrogens is 1. The number of ether oxygens (including phenoxy) is 2. The van der Waals surface area contributed by atoms with Crippen LogP contribution in [0.25, 0.3) is 0 Å². The number of carbonyl (C=O) groups is 1. The summed E-state index contributed by atoms with van der Waals surface area (Å²) in [5.41, 5.74) is 3.67. The number of nitrogens with zero attached hydrogens (tertiary/aromatic N) is 2. The molecule has 160 valence electrons. The summed E-state index contributed by atoms with van der Waals surface area (Å²) in [7, 11) is 3.18. The van der Waals surface area contributed by atoms with Gasteiger partial charge in [-0.3, -0.25) is 9.59 Å². The molecule has 3 aromatic rings. The predicted octanol–water partition coefficient (Wildman–Crippen LogP) is 2.88. The Labute approximate surface area is 180 Å². The van der Waals surface area contributed by atoms with E-state index in [1.807, 2.05) is 49.4 Å². The molecule has 1 aromatic heterocycles. The molecule has 0 bridgehead atoms. The first-order chi connectivity index (χ1) is 15.0. The van der Waals surface area contributed by atoms with Crippen molar-refractivity contribution in [2.24, 2.45) is 0 Å². The van der Waals surface area contributed by atoms with Gasteiger partial charge in [-0.15, -0.1) is 0 Å². The minimum Gasteiger partial charge on any atom is -0.493 e. The lowest BCUT2D eigenvalue weighted by molar-refractivity contribution is 0.0731. The molecule has 0 saturated heterocycles. The molecule has 7 heteroatoms. The van der Waals surface area contributed by atoms with E-state index in [9.17, 15) is 9.59 Å². The SMILES string of the molecule is COc1ccc(Cc2nc3c(c(=O)[nH]2)CN(C(=O)c2ccccc2C)CC3)cc1OC. The molecule has 1 aliphatic heterocycles. The van der Waals surface area contributed by atoms with Gasteiger partial charge in [-0.2, -0.15) is 0 Å². The molecule has 2 aromatic carbocycles. The molecule has 0 saturated carbocycles. The third-order valence-corrected chi connectivity index (χ3v) is 5.60. The smallest absolute Gasteiger partial charge is 0.256 e. The van der Waals surface area contributed by atoms with E-state index in [1.54, 1.807) is 19.1 Å². The summed E-state index contributed by atoms with van der Waals surface area (Å²) in [6.45, 7) is 2.72. The lowest BCUT2D eigenvalue weighted by Gasteiger charge is -2.28. The van der Waals surface area contributed by atoms with Crippen molar-refractivity contribution in [3.05, 3.63) is 86.6 Å². The minimum atomic E-state index is -0.192. The molecule has 1 amide bonds. The van der Waals surface area contributed by atoms with Crippen LogP contribution in [0.15, 0.2) is 47.3 Å². The molecular weight excluding hydrogens is 394 g/mol. The van der Waals surface area contributed by atoms with Crippen molar-refractivity contribution < 1.29 is 14.3 Å². The highest BCUT2D eigenvalue weighted by Gasteiger charge is 2.26. The fourth-order valence-corrected chi connectivity index (χ4v) is 3.90. The van der Waals surface area contributed by atoms with Crippen LogP contribution in [0.1, 0.15) is 38.6 Å². The Hall–Kier alpha value is -3.61. The van der Waals surface area contributed by atoms with Gasteiger partial charge in [0, 0.05) is 24.9 Å². The summed E-state index contributed by atoms with van der Waals surface area (Å²) >= 11 is 0. The van der Waals surface area contributed by atoms with E-state index in [1.165, 1.54) is 0 Å². The van der Waals surface area contributed by atoms with Crippen molar-refractivity contribution in [3.8, 4) is 11.5 Å². The summed E-state index contributed by atoms with van der Waals surface area (Å²) in [6.07, 6.45) is 1.02. The van der Waals surface area contributed by atoms with Crippen molar-refractivity contribution in [1.29, 1.82) is 0 Å². The highest BCUT2D eigenvalue weighted by Crippen LogP contribution is 2.28. The van der Waals surface area contributed by atoms with E-state index >= 15 is 0 Å². The van der Waals surface area contributed by atoms with Gasteiger partial charge in [0.05, 0.1) is 32.0 Å². The fraction of sp³-hybridized carbons (Fsp3) is 0.292. The number of carbonyl (C=O) groups excluding carboxylic acids is 1. The molecule has 0 aliphatic carbocycles. The first kappa shape index (κ1) is 20.7. The zero-order valence-corrected chi connectivity index (χ0v) is 17.9. The highest BCUT2D eigenvalue weighted by atomic mass is 16.5. The van der Waals surface area contributed by atoms with E-state index in [0.717, 1.165) is 16.8 Å². The maximum Gasteiger partial charge on any atom is 0.256 e. The van der Waals surface area contributed by atoms with Crippen molar-refractivity contribution in [2.75, 3.05) is 20.8 Å². The van der Waals surface area contributed by atoms with Crippen molar-refractivity contribution >= 4 is 5.91 Å². The van der Waals surface area contributed by atoms with Gasteiger partial charge >= 0.3 is 0 Å². The summed E-state index contributed by atoms with van der Waals surface area (Å²) in [4.78, 5) is 35.0. The van der Waals surface area contributed by atoms with Gasteiger partial charge in [0.2, 0.25) is 0 Å². The number of benzene rings is 2. The molecular formula is C24H25N3O4. The Kier molecular flexibility index (Phi) is 5.75. The molecule has 31 heavy (non-hydrogen) atoms. The Morgan fingerprint density at radius 1 is 1.13 bits per heavy atom. The molecule has 4 rings (SSSR count). The third-order valence-electron chi connectivity index (χ3n) is 5.60. The maximum absolute atomic E-state index is 12.9. The zero-order valence-electron chi connectivity index (χ0n) is 17.9. The largest absolute Gasteiger partial charge is 0.493 e. The number of amides is 1. The van der Waals surface area contributed by atoms with E-state index in [2.05, 4.69) is 9.97 Å². The van der Waals surface area contributed by atoms with Gasteiger partial charge < -0.3 is 19.4 Å². The van der Waals surface area contributed by atoms with Crippen molar-refractivity contribution in [2.45, 2.75) is 26.3 Å². The van der Waals surface area contributed by atoms with Crippen LogP contribution >= 0.6 is 0 Å². The Balaban J connectivity index is 1.56. The molecule has 0 unspecified atom stereocenters. The van der Waals surface area contributed by atoms with Gasteiger partial charge in [-0.05, 0) is 36.2 Å². The fourth-order valence-electron chi connectivity index (χ4n) is 3.90. The third kappa shape index (κ3) is 4.17. The number of aromatic amines is 1. The highest BCUT2D eigenvalue weighted by molar-refractivity contribution is 5.95. The molecule has 0 spiro atoms. The van der Waals surface area contributed by atoms with Crippen LogP contribution in [0.3, 0.4) is 0 Å². The Morgan fingerprint density at radius 3 is 2.65 bits per heavy atom. The quantitative estimate of drug-likeness (QED) is 0.687. The van der Waals surface area contributed by atoms with Crippen LogP contribution in [0.4, 0.5) is 0 Å². The molecule has 0 atom stereocenters. The lowest BCUT2D eigenvalue weighted by Crippen LogP contribution is -2.40. The second kappa shape index (κ2) is 8.63. The van der Waals surface area contributed by atoms with Crippen LogP contribution in [0.2, 0.25) is 0 Å². The monoisotopic (exact) mass is 419 g/mol. The summed E-state index contributed by atoms with van der Waals surface area (Å²) in [6, 6.07) is 13.1. The number of hydrogen-bond acceptors (Lipinski definition) is 5. The number of rotatable bonds is 5. The lowest BCUT2D eigenvalue weighted by atomic mass is 10.0. The minimum absolute atomic E-state index is 0.0578. The number of fused-ring (bicyclic) bond motifs is 1. The number of aryl methyl sites for hydroxylation is 1. The van der Waals surface area contributed by atoms with Crippen LogP contribution in [0.5, 0.6) is 11.5 Å². The number of nitrogens with one attached hydrogen (secondary N) is 1. The summed E-state index contributed by atoms with van der Waals surface area (Å²) in [5.74, 6) is 1.81. The van der Waals surface area contributed by atoms with E-state index in [4.69, 9.17) is 9.47 Å². The molecule has 0 fully saturated rings. The van der Waals surface area contributed by atoms with E-state index < -0.39 is 0 Å². The van der Waals surface area contributed by atoms with Gasteiger partial charge in [0.1, 0.15) is 5.82 Å². The average molecular weight is 419 g/mol. The van der Waals surface area contributed by atoms with E-state index in [-0.39, 0.29) is 18.0 Å². The second-order valence-corrected chi connectivity index (χ2v) is 7.60. The molecule has 1 N–H and O–H groups in total. The molecule has 7 nitrogen and oxygen atoms in total. The van der Waals surface area contributed by atoms with Crippen LogP contribution in [-0.2, 0) is 19.4 Å². The summed E-state index contributed by atoms with van der Waals surface area (Å²) in [5, 5.41) is 0. The average Bonchev–Trinajstić information content (AvgIpc) is 2.78. The molecule has 2 heterocycles. The Bertz CT molecular complexity index is 1190. The first-order valence-corrected chi connectivity index (χ1v) is 10.2. The first-order valence-electron chi connectivity index (χ1n) is 10.2. The maximum atomic E-state index is 12.9. The van der Waals surface area contributed by atoms with Gasteiger partial charge in [0.15, 0.2) is 11.5 Å². The molecule has 1 aliphatic rings. The number of methoxy groups -OCH3 is 2. The number of hydrogen-bond donors (Lipinski definition) is 1. The topological polar surface area (TPSA) is 84.5 Å². The Morgan fingerprint density at radius 2 is 1.90 bits per heavy atom. The second-order valence-electron chi connectivity index (χ2n) is 7.60.